The standard InChI is InChI=1S/C14H11FN4OS/c15-9-6-8(9)13(20)18-14-17-11-2-1-7(5-12(11)21-14)10-3-4-16-19-10/h1-5,8-9H,6H2,(H,16,19)(H,17,18,20). The Kier molecular flexibility index (Phi) is 2.75. The van der Waals surface area contributed by atoms with Crippen molar-refractivity contribution in [3.63, 3.8) is 0 Å². The first-order valence-corrected chi connectivity index (χ1v) is 7.38. The molecule has 0 aliphatic heterocycles. The van der Waals surface area contributed by atoms with Crippen molar-refractivity contribution in [3.8, 4) is 11.3 Å². The smallest absolute Gasteiger partial charge is 0.232 e. The van der Waals surface area contributed by atoms with Crippen LogP contribution < -0.4 is 5.32 Å². The summed E-state index contributed by atoms with van der Waals surface area (Å²) in [5.41, 5.74) is 2.65. The van der Waals surface area contributed by atoms with Crippen LogP contribution in [0.1, 0.15) is 6.42 Å². The fourth-order valence-electron chi connectivity index (χ4n) is 2.19. The topological polar surface area (TPSA) is 70.7 Å². The third-order valence-electron chi connectivity index (χ3n) is 3.46. The van der Waals surface area contributed by atoms with Gasteiger partial charge < -0.3 is 5.32 Å². The minimum absolute atomic E-state index is 0.283. The molecule has 0 spiro atoms. The van der Waals surface area contributed by atoms with Crippen molar-refractivity contribution in [3.05, 3.63) is 30.5 Å². The number of amides is 1. The van der Waals surface area contributed by atoms with Gasteiger partial charge in [0.1, 0.15) is 6.17 Å². The third-order valence-corrected chi connectivity index (χ3v) is 4.40. The number of H-pyrrole nitrogens is 1. The summed E-state index contributed by atoms with van der Waals surface area (Å²) in [6.07, 6.45) is 1.09. The molecule has 0 saturated heterocycles. The van der Waals surface area contributed by atoms with Crippen LogP contribution in [0.2, 0.25) is 0 Å². The monoisotopic (exact) mass is 302 g/mol. The number of aromatic amines is 1. The zero-order valence-corrected chi connectivity index (χ0v) is 11.7. The number of benzene rings is 1. The summed E-state index contributed by atoms with van der Waals surface area (Å²) in [7, 11) is 0. The summed E-state index contributed by atoms with van der Waals surface area (Å²) >= 11 is 1.38. The highest BCUT2D eigenvalue weighted by atomic mass is 32.1. The molecule has 21 heavy (non-hydrogen) atoms. The van der Waals surface area contributed by atoms with E-state index in [1.807, 2.05) is 24.3 Å². The summed E-state index contributed by atoms with van der Waals surface area (Å²) in [5.74, 6) is -0.786. The first-order chi connectivity index (χ1) is 10.2. The van der Waals surface area contributed by atoms with Crippen molar-refractivity contribution in [2.45, 2.75) is 12.6 Å². The number of alkyl halides is 1. The second kappa shape index (κ2) is 4.63. The number of halogens is 1. The molecule has 1 fully saturated rings. The predicted octanol–water partition coefficient (Wildman–Crippen LogP) is 2.98. The van der Waals surface area contributed by atoms with E-state index < -0.39 is 12.1 Å². The predicted molar refractivity (Wildman–Crippen MR) is 78.8 cm³/mol. The molecule has 1 aliphatic rings. The van der Waals surface area contributed by atoms with Crippen LogP contribution in [-0.4, -0.2) is 27.3 Å². The number of anilines is 1. The number of carbonyl (C=O) groups excluding carboxylic acids is 1. The molecule has 2 N–H and O–H groups in total. The molecule has 5 nitrogen and oxygen atoms in total. The molecule has 1 aliphatic carbocycles. The number of nitrogens with zero attached hydrogens (tertiary/aromatic N) is 2. The Hall–Kier alpha value is -2.28. The zero-order chi connectivity index (χ0) is 14.4. The first-order valence-electron chi connectivity index (χ1n) is 6.56. The van der Waals surface area contributed by atoms with Crippen LogP contribution in [0.25, 0.3) is 21.5 Å². The van der Waals surface area contributed by atoms with E-state index in [-0.39, 0.29) is 5.91 Å². The molecular formula is C14H11FN4OS. The van der Waals surface area contributed by atoms with Gasteiger partial charge in [0.05, 0.1) is 21.8 Å². The Morgan fingerprint density at radius 2 is 2.29 bits per heavy atom. The van der Waals surface area contributed by atoms with Gasteiger partial charge in [0.25, 0.3) is 0 Å². The van der Waals surface area contributed by atoms with E-state index in [1.165, 1.54) is 11.3 Å². The lowest BCUT2D eigenvalue weighted by Gasteiger charge is -1.97. The second-order valence-electron chi connectivity index (χ2n) is 5.01. The normalized spacial score (nSPS) is 20.6. The first kappa shape index (κ1) is 12.5. The number of hydrogen-bond acceptors (Lipinski definition) is 4. The maximum absolute atomic E-state index is 12.9. The van der Waals surface area contributed by atoms with Crippen LogP contribution >= 0.6 is 11.3 Å². The largest absolute Gasteiger partial charge is 0.302 e. The number of aromatic nitrogens is 3. The molecule has 2 aromatic heterocycles. The van der Waals surface area contributed by atoms with Gasteiger partial charge in [-0.1, -0.05) is 17.4 Å². The van der Waals surface area contributed by atoms with E-state index in [2.05, 4.69) is 20.5 Å². The van der Waals surface area contributed by atoms with Crippen LogP contribution in [0.3, 0.4) is 0 Å². The summed E-state index contributed by atoms with van der Waals surface area (Å²) in [5, 5.41) is 10.1. The van der Waals surface area contributed by atoms with Crippen molar-refractivity contribution in [2.24, 2.45) is 5.92 Å². The average molecular weight is 302 g/mol. The van der Waals surface area contributed by atoms with E-state index >= 15 is 0 Å². The fraction of sp³-hybridized carbons (Fsp3) is 0.214. The molecule has 2 unspecified atom stereocenters. The van der Waals surface area contributed by atoms with Gasteiger partial charge in [-0.2, -0.15) is 5.10 Å². The third kappa shape index (κ3) is 2.29. The molecule has 7 heteroatoms. The minimum Gasteiger partial charge on any atom is -0.302 e. The van der Waals surface area contributed by atoms with Gasteiger partial charge in [-0.05, 0) is 24.6 Å². The Balaban J connectivity index is 1.62. The molecule has 3 aromatic rings. The Morgan fingerprint density at radius 3 is 3.00 bits per heavy atom. The average Bonchev–Trinajstić information content (AvgIpc) is 2.92. The van der Waals surface area contributed by atoms with Crippen molar-refractivity contribution < 1.29 is 9.18 Å². The number of fused-ring (bicyclic) bond motifs is 1. The van der Waals surface area contributed by atoms with Gasteiger partial charge in [0.15, 0.2) is 5.13 Å². The zero-order valence-electron chi connectivity index (χ0n) is 10.8. The molecule has 0 bridgehead atoms. The summed E-state index contributed by atoms with van der Waals surface area (Å²) in [6, 6.07) is 7.69. The van der Waals surface area contributed by atoms with E-state index in [0.717, 1.165) is 21.5 Å². The maximum Gasteiger partial charge on any atom is 0.232 e. The molecular weight excluding hydrogens is 291 g/mol. The van der Waals surface area contributed by atoms with Crippen molar-refractivity contribution >= 4 is 32.6 Å². The van der Waals surface area contributed by atoms with Crippen LogP contribution in [0.5, 0.6) is 0 Å². The van der Waals surface area contributed by atoms with Crippen molar-refractivity contribution in [2.75, 3.05) is 5.32 Å². The van der Waals surface area contributed by atoms with Gasteiger partial charge in [-0.15, -0.1) is 0 Å². The van der Waals surface area contributed by atoms with E-state index in [4.69, 9.17) is 0 Å². The molecule has 1 aromatic carbocycles. The molecule has 4 rings (SSSR count). The molecule has 2 atom stereocenters. The molecule has 1 saturated carbocycles. The number of carbonyl (C=O) groups is 1. The van der Waals surface area contributed by atoms with Gasteiger partial charge in [-0.3, -0.25) is 9.89 Å². The van der Waals surface area contributed by atoms with Gasteiger partial charge in [0.2, 0.25) is 5.91 Å². The van der Waals surface area contributed by atoms with E-state index in [9.17, 15) is 9.18 Å². The van der Waals surface area contributed by atoms with Crippen molar-refractivity contribution in [1.82, 2.24) is 15.2 Å². The number of hydrogen-bond donors (Lipinski definition) is 2. The van der Waals surface area contributed by atoms with Gasteiger partial charge in [-0.25, -0.2) is 9.37 Å². The lowest BCUT2D eigenvalue weighted by Crippen LogP contribution is -2.14. The lowest BCUT2D eigenvalue weighted by atomic mass is 10.1. The summed E-state index contributed by atoms with van der Waals surface area (Å²) < 4.78 is 13.8. The Labute approximate surface area is 123 Å². The van der Waals surface area contributed by atoms with Crippen molar-refractivity contribution in [1.29, 1.82) is 0 Å². The van der Waals surface area contributed by atoms with Crippen LogP contribution in [0, 0.1) is 5.92 Å². The lowest BCUT2D eigenvalue weighted by molar-refractivity contribution is -0.117. The van der Waals surface area contributed by atoms with Crippen LogP contribution in [-0.2, 0) is 4.79 Å². The quantitative estimate of drug-likeness (QED) is 0.781. The maximum atomic E-state index is 12.9. The Morgan fingerprint density at radius 1 is 1.43 bits per heavy atom. The number of nitrogens with one attached hydrogen (secondary N) is 2. The highest BCUT2D eigenvalue weighted by Gasteiger charge is 2.43. The minimum atomic E-state index is -0.995. The fourth-order valence-corrected chi connectivity index (χ4v) is 3.10. The second-order valence-corrected chi connectivity index (χ2v) is 6.04. The summed E-state index contributed by atoms with van der Waals surface area (Å²) in [6.45, 7) is 0. The highest BCUT2D eigenvalue weighted by molar-refractivity contribution is 7.22. The molecule has 2 heterocycles. The van der Waals surface area contributed by atoms with E-state index in [0.29, 0.717) is 11.6 Å². The van der Waals surface area contributed by atoms with E-state index in [1.54, 1.807) is 6.20 Å². The van der Waals surface area contributed by atoms with Gasteiger partial charge in [0, 0.05) is 11.8 Å². The number of thiazole rings is 1. The van der Waals surface area contributed by atoms with Crippen LogP contribution in [0.4, 0.5) is 9.52 Å². The van der Waals surface area contributed by atoms with Crippen LogP contribution in [0.15, 0.2) is 30.5 Å². The molecule has 1 amide bonds. The molecule has 0 radical (unpaired) electrons. The summed E-state index contributed by atoms with van der Waals surface area (Å²) in [4.78, 5) is 16.1. The number of rotatable bonds is 3. The van der Waals surface area contributed by atoms with Gasteiger partial charge >= 0.3 is 0 Å². The molecule has 106 valence electrons. The SMILES string of the molecule is O=C(Nc1nc2ccc(-c3cc[nH]n3)cc2s1)C1CC1F. The highest BCUT2D eigenvalue weighted by Crippen LogP contribution is 2.36. The Bertz CT molecular complexity index is 814.